The van der Waals surface area contributed by atoms with Gasteiger partial charge in [-0.25, -0.2) is 0 Å². The monoisotopic (exact) mass is 137 g/mol. The summed E-state index contributed by atoms with van der Waals surface area (Å²) in [5.41, 5.74) is 3.13. The van der Waals surface area contributed by atoms with Gasteiger partial charge in [-0.05, 0) is 11.5 Å². The van der Waals surface area contributed by atoms with Crippen molar-refractivity contribution in [3.05, 3.63) is 18.2 Å². The maximum atomic E-state index is 3.93. The predicted molar refractivity (Wildman–Crippen MR) is 43.5 cm³/mol. The molecular formula is C8H13N2. The van der Waals surface area contributed by atoms with Gasteiger partial charge in [0.1, 0.15) is 6.04 Å². The average Bonchev–Trinajstić information content (AvgIpc) is 1.88. The summed E-state index contributed by atoms with van der Waals surface area (Å²) >= 11 is 0. The Morgan fingerprint density at radius 1 is 1.40 bits per heavy atom. The van der Waals surface area contributed by atoms with Crippen LogP contribution < -0.4 is 5.43 Å². The van der Waals surface area contributed by atoms with Crippen LogP contribution in [0.25, 0.3) is 0 Å². The van der Waals surface area contributed by atoms with E-state index in [-0.39, 0.29) is 5.41 Å². The second-order valence-electron chi connectivity index (χ2n) is 3.41. The van der Waals surface area contributed by atoms with E-state index >= 15 is 0 Å². The molecule has 0 amide bonds. The van der Waals surface area contributed by atoms with Crippen molar-refractivity contribution in [3.8, 4) is 0 Å². The fourth-order valence-corrected chi connectivity index (χ4v) is 0.744. The van der Waals surface area contributed by atoms with Crippen LogP contribution in [0.5, 0.6) is 0 Å². The van der Waals surface area contributed by atoms with Crippen LogP contribution in [0.15, 0.2) is 17.3 Å². The molecule has 0 aliphatic carbocycles. The van der Waals surface area contributed by atoms with Crippen LogP contribution in [0.1, 0.15) is 20.8 Å². The summed E-state index contributed by atoms with van der Waals surface area (Å²) in [7, 11) is 0. The van der Waals surface area contributed by atoms with E-state index < -0.39 is 0 Å². The second kappa shape index (κ2) is 2.45. The minimum atomic E-state index is 0.175. The van der Waals surface area contributed by atoms with Crippen molar-refractivity contribution in [2.45, 2.75) is 20.8 Å². The van der Waals surface area contributed by atoms with Crippen molar-refractivity contribution in [3.63, 3.8) is 0 Å². The Morgan fingerprint density at radius 2 is 2.10 bits per heavy atom. The topological polar surface area (TPSA) is 24.4 Å². The molecule has 1 aliphatic heterocycles. The molecule has 0 aromatic carbocycles. The third-order valence-corrected chi connectivity index (χ3v) is 1.42. The lowest BCUT2D eigenvalue weighted by Gasteiger charge is -2.27. The first-order valence-corrected chi connectivity index (χ1v) is 3.44. The fraction of sp³-hybridized carbons (Fsp3) is 0.500. The molecule has 1 aliphatic rings. The Kier molecular flexibility index (Phi) is 1.79. The summed E-state index contributed by atoms with van der Waals surface area (Å²) in [6.07, 6.45) is 5.74. The lowest BCUT2D eigenvalue weighted by atomic mass is 9.87. The highest BCUT2D eigenvalue weighted by molar-refractivity contribution is 5.72. The number of nitrogens with zero attached hydrogens (tertiary/aromatic N) is 1. The molecule has 1 radical (unpaired) electrons. The third-order valence-electron chi connectivity index (χ3n) is 1.42. The molecule has 0 unspecified atom stereocenters. The lowest BCUT2D eigenvalue weighted by Crippen LogP contribution is -2.28. The predicted octanol–water partition coefficient (Wildman–Crippen LogP) is 1.71. The molecule has 1 heterocycles. The van der Waals surface area contributed by atoms with Gasteiger partial charge in [0.2, 0.25) is 0 Å². The lowest BCUT2D eigenvalue weighted by molar-refractivity contribution is 0.408. The average molecular weight is 137 g/mol. The molecule has 0 atom stereocenters. The van der Waals surface area contributed by atoms with Crippen LogP contribution in [-0.4, -0.2) is 6.21 Å². The molecule has 0 fully saturated rings. The Morgan fingerprint density at radius 3 is 2.40 bits per heavy atom. The number of rotatable bonds is 0. The third kappa shape index (κ3) is 1.59. The van der Waals surface area contributed by atoms with Crippen LogP contribution in [0.2, 0.25) is 0 Å². The minimum Gasteiger partial charge on any atom is -0.297 e. The Bertz CT molecular complexity index is 163. The Labute approximate surface area is 62.0 Å². The van der Waals surface area contributed by atoms with E-state index in [9.17, 15) is 0 Å². The molecule has 0 bridgehead atoms. The van der Waals surface area contributed by atoms with Crippen LogP contribution in [0.4, 0.5) is 0 Å². The number of nitrogens with one attached hydrogen (secondary N) is 1. The van der Waals surface area contributed by atoms with Gasteiger partial charge in [0.05, 0.1) is 0 Å². The number of allylic oxidation sites excluding steroid dienone is 1. The Balaban J connectivity index is 2.60. The van der Waals surface area contributed by atoms with Crippen molar-refractivity contribution >= 4 is 6.21 Å². The number of hydrazone groups is 1. The van der Waals surface area contributed by atoms with E-state index in [0.717, 1.165) is 6.04 Å². The highest BCUT2D eigenvalue weighted by atomic mass is 15.3. The van der Waals surface area contributed by atoms with Crippen molar-refractivity contribution < 1.29 is 0 Å². The zero-order chi connectivity index (χ0) is 7.61. The summed E-state index contributed by atoms with van der Waals surface area (Å²) in [6.45, 7) is 6.46. The quantitative estimate of drug-likeness (QED) is 0.540. The Hall–Kier alpha value is -0.790. The molecule has 0 aromatic rings. The standard InChI is InChI=1S/C8H13N2/c1-8(2,3)7-5-4-6-9-10-7/h4-6,10H,1-3H3. The fourth-order valence-electron chi connectivity index (χ4n) is 0.744. The van der Waals surface area contributed by atoms with Crippen molar-refractivity contribution in [1.29, 1.82) is 0 Å². The van der Waals surface area contributed by atoms with Crippen LogP contribution in [0, 0.1) is 11.5 Å². The van der Waals surface area contributed by atoms with E-state index in [4.69, 9.17) is 0 Å². The minimum absolute atomic E-state index is 0.175. The van der Waals surface area contributed by atoms with E-state index in [2.05, 4.69) is 31.3 Å². The molecule has 55 valence electrons. The zero-order valence-electron chi connectivity index (χ0n) is 6.68. The summed E-state index contributed by atoms with van der Waals surface area (Å²) in [4.78, 5) is 0. The van der Waals surface area contributed by atoms with E-state index in [1.165, 1.54) is 0 Å². The first-order chi connectivity index (χ1) is 4.61. The van der Waals surface area contributed by atoms with Crippen LogP contribution in [0.3, 0.4) is 0 Å². The molecule has 0 saturated heterocycles. The largest absolute Gasteiger partial charge is 0.297 e. The molecule has 10 heavy (non-hydrogen) atoms. The summed E-state index contributed by atoms with van der Waals surface area (Å²) in [5, 5.41) is 3.93. The van der Waals surface area contributed by atoms with E-state index in [0.29, 0.717) is 0 Å². The smallest absolute Gasteiger partial charge is 0.106 e. The molecule has 2 heteroatoms. The molecule has 1 N–H and O–H groups in total. The summed E-state index contributed by atoms with van der Waals surface area (Å²) in [6, 6.07) is 1.16. The molecule has 0 spiro atoms. The van der Waals surface area contributed by atoms with Gasteiger partial charge in [0, 0.05) is 6.21 Å². The van der Waals surface area contributed by atoms with E-state index in [1.807, 2.05) is 12.2 Å². The second-order valence-corrected chi connectivity index (χ2v) is 3.41. The van der Waals surface area contributed by atoms with E-state index in [1.54, 1.807) is 6.21 Å². The SMILES string of the molecule is CC(C)(C)[C]1C=CC=NN1. The van der Waals surface area contributed by atoms with Crippen molar-refractivity contribution in [1.82, 2.24) is 5.43 Å². The first kappa shape index (κ1) is 7.32. The molecule has 0 aromatic heterocycles. The van der Waals surface area contributed by atoms with Crippen LogP contribution in [-0.2, 0) is 0 Å². The van der Waals surface area contributed by atoms with Gasteiger partial charge in [-0.3, -0.25) is 5.43 Å². The summed E-state index contributed by atoms with van der Waals surface area (Å²) < 4.78 is 0. The number of hydrogen-bond donors (Lipinski definition) is 1. The maximum absolute atomic E-state index is 3.93. The van der Waals surface area contributed by atoms with Crippen molar-refractivity contribution in [2.75, 3.05) is 0 Å². The summed E-state index contributed by atoms with van der Waals surface area (Å²) in [5.74, 6) is 0. The van der Waals surface area contributed by atoms with Gasteiger partial charge in [-0.2, -0.15) is 5.10 Å². The van der Waals surface area contributed by atoms with Gasteiger partial charge in [-0.15, -0.1) is 0 Å². The van der Waals surface area contributed by atoms with Crippen molar-refractivity contribution in [2.24, 2.45) is 10.5 Å². The van der Waals surface area contributed by atoms with Gasteiger partial charge >= 0.3 is 0 Å². The maximum Gasteiger partial charge on any atom is 0.106 e. The molecule has 2 nitrogen and oxygen atoms in total. The van der Waals surface area contributed by atoms with Gasteiger partial charge < -0.3 is 0 Å². The normalized spacial score (nSPS) is 19.1. The number of hydrogen-bond acceptors (Lipinski definition) is 2. The first-order valence-electron chi connectivity index (χ1n) is 3.44. The molecular weight excluding hydrogens is 124 g/mol. The highest BCUT2D eigenvalue weighted by Crippen LogP contribution is 2.27. The molecule has 0 saturated carbocycles. The highest BCUT2D eigenvalue weighted by Gasteiger charge is 2.23. The van der Waals surface area contributed by atoms with Crippen LogP contribution >= 0.6 is 0 Å². The molecule has 1 rings (SSSR count). The van der Waals surface area contributed by atoms with Gasteiger partial charge in [0.15, 0.2) is 0 Å². The van der Waals surface area contributed by atoms with Gasteiger partial charge in [-0.1, -0.05) is 26.8 Å². The van der Waals surface area contributed by atoms with Gasteiger partial charge in [0.25, 0.3) is 0 Å². The zero-order valence-corrected chi connectivity index (χ0v) is 6.68.